The fraction of sp³-hybridized carbons (Fsp3) is 0.429. The number of rotatable bonds is 7. The molecule has 0 aromatic heterocycles. The van der Waals surface area contributed by atoms with E-state index in [1.807, 2.05) is 30.3 Å². The van der Waals surface area contributed by atoms with Crippen LogP contribution >= 0.6 is 0 Å². The van der Waals surface area contributed by atoms with Gasteiger partial charge in [0.2, 0.25) is 0 Å². The minimum Gasteiger partial charge on any atom is -0.457 e. The van der Waals surface area contributed by atoms with Gasteiger partial charge in [-0.25, -0.2) is 0 Å². The lowest BCUT2D eigenvalue weighted by Gasteiger charge is -2.25. The van der Waals surface area contributed by atoms with Crippen LogP contribution in [-0.4, -0.2) is 19.1 Å². The molecule has 0 saturated carbocycles. The average Bonchev–Trinajstić information content (AvgIpc) is 3.01. The Morgan fingerprint density at radius 3 is 2.38 bits per heavy atom. The molecular formula is C21H28N2O. The van der Waals surface area contributed by atoms with Gasteiger partial charge in [0, 0.05) is 18.6 Å². The first-order valence-corrected chi connectivity index (χ1v) is 9.06. The summed E-state index contributed by atoms with van der Waals surface area (Å²) in [6, 6.07) is 19.4. The summed E-state index contributed by atoms with van der Waals surface area (Å²) in [6.45, 7) is 6.74. The van der Waals surface area contributed by atoms with E-state index in [-0.39, 0.29) is 0 Å². The van der Waals surface area contributed by atoms with Crippen molar-refractivity contribution >= 4 is 0 Å². The smallest absolute Gasteiger partial charge is 0.127 e. The highest BCUT2D eigenvalue weighted by Gasteiger charge is 2.25. The van der Waals surface area contributed by atoms with E-state index in [1.165, 1.54) is 12.0 Å². The van der Waals surface area contributed by atoms with Crippen molar-refractivity contribution in [3.63, 3.8) is 0 Å². The van der Waals surface area contributed by atoms with E-state index in [0.29, 0.717) is 18.0 Å². The average molecular weight is 324 g/mol. The fourth-order valence-corrected chi connectivity index (χ4v) is 3.32. The number of benzene rings is 2. The van der Waals surface area contributed by atoms with Crippen LogP contribution in [0.1, 0.15) is 38.3 Å². The molecule has 0 amide bonds. The van der Waals surface area contributed by atoms with Crippen molar-refractivity contribution in [1.29, 1.82) is 0 Å². The van der Waals surface area contributed by atoms with Gasteiger partial charge in [-0.3, -0.25) is 0 Å². The molecule has 1 fully saturated rings. The first-order chi connectivity index (χ1) is 11.8. The second kappa shape index (κ2) is 8.32. The standard InChI is InChI=1S/C21H28N2O/c1-3-7-20(23-21-15-22-14-16(21)2)17-10-12-19(13-11-17)24-18-8-5-4-6-9-18/h4-6,8-13,16,20-23H,3,7,14-15H2,1-2H3/t16-,20?,21+/m0/s1. The number of para-hydroxylation sites is 1. The second-order valence-electron chi connectivity index (χ2n) is 6.73. The normalized spacial score (nSPS) is 21.6. The predicted octanol–water partition coefficient (Wildman–Crippen LogP) is 4.52. The molecule has 2 aromatic rings. The first kappa shape index (κ1) is 17.0. The maximum absolute atomic E-state index is 5.89. The molecule has 1 aliphatic heterocycles. The zero-order chi connectivity index (χ0) is 16.8. The Hall–Kier alpha value is -1.84. The Kier molecular flexibility index (Phi) is 5.89. The van der Waals surface area contributed by atoms with Gasteiger partial charge in [-0.2, -0.15) is 0 Å². The highest BCUT2D eigenvalue weighted by Crippen LogP contribution is 2.26. The third-order valence-corrected chi connectivity index (χ3v) is 4.77. The quantitative estimate of drug-likeness (QED) is 0.786. The Morgan fingerprint density at radius 1 is 1.04 bits per heavy atom. The lowest BCUT2D eigenvalue weighted by atomic mass is 9.98. The van der Waals surface area contributed by atoms with E-state index < -0.39 is 0 Å². The lowest BCUT2D eigenvalue weighted by Crippen LogP contribution is -2.37. The number of hydrogen-bond acceptors (Lipinski definition) is 3. The number of hydrogen-bond donors (Lipinski definition) is 2. The van der Waals surface area contributed by atoms with E-state index in [9.17, 15) is 0 Å². The second-order valence-corrected chi connectivity index (χ2v) is 6.73. The minimum absolute atomic E-state index is 0.410. The fourth-order valence-electron chi connectivity index (χ4n) is 3.32. The van der Waals surface area contributed by atoms with E-state index in [2.05, 4.69) is 48.7 Å². The van der Waals surface area contributed by atoms with Crippen molar-refractivity contribution in [1.82, 2.24) is 10.6 Å². The van der Waals surface area contributed by atoms with E-state index in [1.54, 1.807) is 0 Å². The topological polar surface area (TPSA) is 33.3 Å². The number of nitrogens with one attached hydrogen (secondary N) is 2. The molecular weight excluding hydrogens is 296 g/mol. The Labute approximate surface area is 145 Å². The molecule has 1 saturated heterocycles. The minimum atomic E-state index is 0.410. The molecule has 3 heteroatoms. The van der Waals surface area contributed by atoms with Gasteiger partial charge < -0.3 is 15.4 Å². The zero-order valence-corrected chi connectivity index (χ0v) is 14.7. The summed E-state index contributed by atoms with van der Waals surface area (Å²) in [7, 11) is 0. The van der Waals surface area contributed by atoms with E-state index in [4.69, 9.17) is 4.74 Å². The molecule has 0 aliphatic carbocycles. The van der Waals surface area contributed by atoms with Gasteiger partial charge in [-0.15, -0.1) is 0 Å². The van der Waals surface area contributed by atoms with Crippen LogP contribution in [0.5, 0.6) is 11.5 Å². The van der Waals surface area contributed by atoms with Crippen LogP contribution < -0.4 is 15.4 Å². The molecule has 3 atom stereocenters. The van der Waals surface area contributed by atoms with Crippen molar-refractivity contribution in [2.45, 2.75) is 38.8 Å². The maximum Gasteiger partial charge on any atom is 0.127 e. The SMILES string of the molecule is CCCC(N[C@@H]1CNC[C@@H]1C)c1ccc(Oc2ccccc2)cc1. The summed E-state index contributed by atoms with van der Waals surface area (Å²) in [4.78, 5) is 0. The van der Waals surface area contributed by atoms with E-state index in [0.717, 1.165) is 31.0 Å². The summed E-state index contributed by atoms with van der Waals surface area (Å²) in [5.41, 5.74) is 1.34. The van der Waals surface area contributed by atoms with Gasteiger partial charge in [0.1, 0.15) is 11.5 Å². The van der Waals surface area contributed by atoms with Crippen LogP contribution in [-0.2, 0) is 0 Å². The van der Waals surface area contributed by atoms with Crippen molar-refractivity contribution < 1.29 is 4.74 Å². The highest BCUT2D eigenvalue weighted by molar-refractivity contribution is 5.34. The van der Waals surface area contributed by atoms with Crippen molar-refractivity contribution in [3.8, 4) is 11.5 Å². The van der Waals surface area contributed by atoms with Gasteiger partial charge in [-0.05, 0) is 48.7 Å². The maximum atomic E-state index is 5.89. The molecule has 1 aliphatic rings. The van der Waals surface area contributed by atoms with E-state index >= 15 is 0 Å². The van der Waals surface area contributed by atoms with Gasteiger partial charge in [0.25, 0.3) is 0 Å². The lowest BCUT2D eigenvalue weighted by molar-refractivity contribution is 0.379. The monoisotopic (exact) mass is 324 g/mol. The third kappa shape index (κ3) is 4.37. The molecule has 1 unspecified atom stereocenters. The molecule has 0 bridgehead atoms. The predicted molar refractivity (Wildman–Crippen MR) is 99.6 cm³/mol. The van der Waals surface area contributed by atoms with Crippen LogP contribution in [0.3, 0.4) is 0 Å². The van der Waals surface area contributed by atoms with Crippen LogP contribution in [0.4, 0.5) is 0 Å². The van der Waals surface area contributed by atoms with Crippen LogP contribution in [0.25, 0.3) is 0 Å². The molecule has 0 radical (unpaired) electrons. The van der Waals surface area contributed by atoms with Crippen LogP contribution in [0, 0.1) is 5.92 Å². The molecule has 2 aromatic carbocycles. The van der Waals surface area contributed by atoms with Crippen molar-refractivity contribution in [2.75, 3.05) is 13.1 Å². The van der Waals surface area contributed by atoms with Crippen LogP contribution in [0.2, 0.25) is 0 Å². The van der Waals surface area contributed by atoms with Gasteiger partial charge in [0.15, 0.2) is 0 Å². The Morgan fingerprint density at radius 2 is 1.75 bits per heavy atom. The van der Waals surface area contributed by atoms with Gasteiger partial charge in [-0.1, -0.05) is 50.6 Å². The van der Waals surface area contributed by atoms with Gasteiger partial charge in [0.05, 0.1) is 0 Å². The summed E-state index contributed by atoms with van der Waals surface area (Å²) >= 11 is 0. The molecule has 24 heavy (non-hydrogen) atoms. The molecule has 3 rings (SSSR count). The summed E-state index contributed by atoms with van der Waals surface area (Å²) in [5.74, 6) is 2.44. The van der Waals surface area contributed by atoms with Gasteiger partial charge >= 0.3 is 0 Å². The highest BCUT2D eigenvalue weighted by atomic mass is 16.5. The summed E-state index contributed by atoms with van der Waals surface area (Å²) in [6.07, 6.45) is 2.33. The largest absolute Gasteiger partial charge is 0.457 e. The van der Waals surface area contributed by atoms with Crippen molar-refractivity contribution in [2.24, 2.45) is 5.92 Å². The number of ether oxygens (including phenoxy) is 1. The van der Waals surface area contributed by atoms with Crippen molar-refractivity contribution in [3.05, 3.63) is 60.2 Å². The molecule has 128 valence electrons. The molecule has 3 nitrogen and oxygen atoms in total. The summed E-state index contributed by atoms with van der Waals surface area (Å²) < 4.78 is 5.89. The van der Waals surface area contributed by atoms with Crippen LogP contribution in [0.15, 0.2) is 54.6 Å². The Balaban J connectivity index is 1.67. The molecule has 0 spiro atoms. The third-order valence-electron chi connectivity index (χ3n) is 4.77. The first-order valence-electron chi connectivity index (χ1n) is 9.06. The Bertz CT molecular complexity index is 611. The zero-order valence-electron chi connectivity index (χ0n) is 14.7. The molecule has 2 N–H and O–H groups in total. The summed E-state index contributed by atoms with van der Waals surface area (Å²) in [5, 5.41) is 7.32. The molecule has 1 heterocycles.